The molecule has 12 heteroatoms. The molecule has 6 rings (SSSR count). The molecular weight excluding hydrogens is 544 g/mol. The highest BCUT2D eigenvalue weighted by Crippen LogP contribution is 2.31. The normalized spacial score (nSPS) is 15.7. The topological polar surface area (TPSA) is 117 Å². The fourth-order valence-corrected chi connectivity index (χ4v) is 5.53. The van der Waals surface area contributed by atoms with Crippen LogP contribution in [0.15, 0.2) is 73.1 Å². The summed E-state index contributed by atoms with van der Waals surface area (Å²) in [5.74, 6) is -1.07. The monoisotopic (exact) mass is 570 g/mol. The molecule has 1 saturated heterocycles. The fraction of sp³-hybridized carbons (Fsp3) is 0.241. The molecular formula is C29H27ClN8O3. The molecule has 2 aliphatic heterocycles. The van der Waals surface area contributed by atoms with Crippen LogP contribution < -0.4 is 15.1 Å². The van der Waals surface area contributed by atoms with E-state index >= 15 is 0 Å². The van der Waals surface area contributed by atoms with E-state index in [0.717, 1.165) is 29.8 Å². The second-order valence-corrected chi connectivity index (χ2v) is 10.5. The third-order valence-corrected chi connectivity index (χ3v) is 7.71. The number of anilines is 3. The summed E-state index contributed by atoms with van der Waals surface area (Å²) < 4.78 is 1.40. The number of piperazine rings is 1. The van der Waals surface area contributed by atoms with Gasteiger partial charge in [-0.15, -0.1) is 5.10 Å². The third kappa shape index (κ3) is 5.36. The van der Waals surface area contributed by atoms with Crippen LogP contribution in [0.3, 0.4) is 0 Å². The van der Waals surface area contributed by atoms with Gasteiger partial charge in [-0.3, -0.25) is 19.3 Å². The number of amides is 3. The number of halogens is 1. The minimum absolute atomic E-state index is 0.256. The Labute approximate surface area is 241 Å². The van der Waals surface area contributed by atoms with Crippen LogP contribution in [0.4, 0.5) is 17.1 Å². The van der Waals surface area contributed by atoms with Crippen molar-refractivity contribution in [3.8, 4) is 5.69 Å². The van der Waals surface area contributed by atoms with Crippen molar-refractivity contribution in [3.63, 3.8) is 0 Å². The Morgan fingerprint density at radius 1 is 0.976 bits per heavy atom. The number of rotatable bonds is 7. The molecule has 0 saturated carbocycles. The van der Waals surface area contributed by atoms with Crippen molar-refractivity contribution in [2.45, 2.75) is 18.9 Å². The lowest BCUT2D eigenvalue weighted by Crippen LogP contribution is -2.60. The van der Waals surface area contributed by atoms with Gasteiger partial charge in [0.2, 0.25) is 17.7 Å². The number of fused-ring (bicyclic) bond motifs is 1. The number of aromatic nitrogens is 4. The van der Waals surface area contributed by atoms with Crippen molar-refractivity contribution in [3.05, 3.63) is 89.2 Å². The molecule has 3 amide bonds. The van der Waals surface area contributed by atoms with E-state index in [9.17, 15) is 14.4 Å². The molecule has 0 aliphatic carbocycles. The Bertz CT molecular complexity index is 1610. The Morgan fingerprint density at radius 3 is 2.56 bits per heavy atom. The molecule has 1 unspecified atom stereocenters. The van der Waals surface area contributed by atoms with Gasteiger partial charge in [-0.05, 0) is 64.4 Å². The lowest BCUT2D eigenvalue weighted by molar-refractivity contribution is -0.143. The molecule has 3 aromatic carbocycles. The Morgan fingerprint density at radius 2 is 1.78 bits per heavy atom. The molecule has 1 atom stereocenters. The molecule has 1 N–H and O–H groups in total. The summed E-state index contributed by atoms with van der Waals surface area (Å²) in [7, 11) is 2.04. The lowest BCUT2D eigenvalue weighted by atomic mass is 10.0. The van der Waals surface area contributed by atoms with Gasteiger partial charge in [0.25, 0.3) is 0 Å². The number of nitrogens with zero attached hydrogens (tertiary/aromatic N) is 7. The highest BCUT2D eigenvalue weighted by Gasteiger charge is 2.39. The van der Waals surface area contributed by atoms with Gasteiger partial charge >= 0.3 is 0 Å². The van der Waals surface area contributed by atoms with Crippen molar-refractivity contribution in [1.82, 2.24) is 25.1 Å². The van der Waals surface area contributed by atoms with E-state index in [1.165, 1.54) is 20.8 Å². The van der Waals surface area contributed by atoms with Gasteiger partial charge in [-0.2, -0.15) is 4.68 Å². The average Bonchev–Trinajstić information content (AvgIpc) is 3.63. The first-order chi connectivity index (χ1) is 19.9. The van der Waals surface area contributed by atoms with Crippen molar-refractivity contribution in [2.24, 2.45) is 0 Å². The Kier molecular flexibility index (Phi) is 7.10. The van der Waals surface area contributed by atoms with Crippen molar-refractivity contribution in [1.29, 1.82) is 0 Å². The third-order valence-electron chi connectivity index (χ3n) is 7.47. The number of tetrazole rings is 1. The Balaban J connectivity index is 1.27. The molecule has 0 bridgehead atoms. The van der Waals surface area contributed by atoms with Crippen LogP contribution in [-0.2, 0) is 27.2 Å². The van der Waals surface area contributed by atoms with E-state index in [0.29, 0.717) is 22.1 Å². The smallest absolute Gasteiger partial charge is 0.247 e. The second kappa shape index (κ2) is 11.0. The van der Waals surface area contributed by atoms with E-state index in [1.807, 2.05) is 55.6 Å². The maximum atomic E-state index is 13.8. The number of nitrogens with one attached hydrogen (secondary N) is 1. The average molecular weight is 571 g/mol. The molecule has 4 aromatic rings. The van der Waals surface area contributed by atoms with Gasteiger partial charge in [-0.25, -0.2) is 0 Å². The number of carbonyl (C=O) groups is 3. The molecule has 41 heavy (non-hydrogen) atoms. The maximum Gasteiger partial charge on any atom is 0.247 e. The van der Waals surface area contributed by atoms with Gasteiger partial charge in [0.15, 0.2) is 0 Å². The minimum atomic E-state index is -0.898. The van der Waals surface area contributed by atoms with Crippen LogP contribution >= 0.6 is 11.6 Å². The summed E-state index contributed by atoms with van der Waals surface area (Å²) in [4.78, 5) is 45.9. The number of likely N-dealkylation sites (N-methyl/N-ethyl adjacent to an activating group) is 1. The van der Waals surface area contributed by atoms with Crippen LogP contribution in [0.5, 0.6) is 0 Å². The predicted octanol–water partition coefficient (Wildman–Crippen LogP) is 2.73. The SMILES string of the molecule is CN1CCc2cc(NC(=O)C(Cc3ccccc3)N3CC(=O)N(c4cc(Cl)ccc4-n4cnnn4)CC3=O)ccc21. The van der Waals surface area contributed by atoms with E-state index in [4.69, 9.17) is 11.6 Å². The van der Waals surface area contributed by atoms with E-state index < -0.39 is 6.04 Å². The summed E-state index contributed by atoms with van der Waals surface area (Å²) >= 11 is 6.26. The number of carbonyl (C=O) groups excluding carboxylic acids is 3. The van der Waals surface area contributed by atoms with Crippen molar-refractivity contribution in [2.75, 3.05) is 41.8 Å². The summed E-state index contributed by atoms with van der Waals surface area (Å²) in [6, 6.07) is 19.3. The van der Waals surface area contributed by atoms with Crippen LogP contribution in [-0.4, -0.2) is 75.6 Å². The number of hydrogen-bond acceptors (Lipinski definition) is 7. The highest BCUT2D eigenvalue weighted by molar-refractivity contribution is 6.31. The zero-order valence-corrected chi connectivity index (χ0v) is 23.0. The summed E-state index contributed by atoms with van der Waals surface area (Å²) in [6.45, 7) is 0.379. The van der Waals surface area contributed by atoms with Crippen LogP contribution in [0.2, 0.25) is 5.02 Å². The number of hydrogen-bond donors (Lipinski definition) is 1. The van der Waals surface area contributed by atoms with Crippen LogP contribution in [0, 0.1) is 0 Å². The first-order valence-corrected chi connectivity index (χ1v) is 13.6. The molecule has 1 fully saturated rings. The van der Waals surface area contributed by atoms with Crippen LogP contribution in [0.1, 0.15) is 11.1 Å². The largest absolute Gasteiger partial charge is 0.374 e. The Hall–Kier alpha value is -4.77. The molecule has 0 spiro atoms. The zero-order chi connectivity index (χ0) is 28.5. The van der Waals surface area contributed by atoms with Crippen LogP contribution in [0.25, 0.3) is 5.69 Å². The zero-order valence-electron chi connectivity index (χ0n) is 22.3. The van der Waals surface area contributed by atoms with Gasteiger partial charge in [-0.1, -0.05) is 41.9 Å². The highest BCUT2D eigenvalue weighted by atomic mass is 35.5. The first kappa shape index (κ1) is 26.5. The van der Waals surface area contributed by atoms with Gasteiger partial charge in [0.1, 0.15) is 25.5 Å². The van der Waals surface area contributed by atoms with Gasteiger partial charge in [0.05, 0.1) is 11.4 Å². The molecule has 0 radical (unpaired) electrons. The predicted molar refractivity (Wildman–Crippen MR) is 154 cm³/mol. The summed E-state index contributed by atoms with van der Waals surface area (Å²) in [6.07, 6.45) is 2.55. The molecule has 2 aliphatic rings. The lowest BCUT2D eigenvalue weighted by Gasteiger charge is -2.38. The maximum absolute atomic E-state index is 13.8. The van der Waals surface area contributed by atoms with E-state index in [1.54, 1.807) is 18.2 Å². The minimum Gasteiger partial charge on any atom is -0.374 e. The van der Waals surface area contributed by atoms with Crippen molar-refractivity contribution >= 4 is 46.4 Å². The van der Waals surface area contributed by atoms with Gasteiger partial charge in [0, 0.05) is 36.4 Å². The summed E-state index contributed by atoms with van der Waals surface area (Å²) in [5.41, 5.74) is 4.73. The molecule has 11 nitrogen and oxygen atoms in total. The van der Waals surface area contributed by atoms with E-state index in [-0.39, 0.29) is 37.2 Å². The molecule has 208 valence electrons. The van der Waals surface area contributed by atoms with Crippen molar-refractivity contribution < 1.29 is 14.4 Å². The fourth-order valence-electron chi connectivity index (χ4n) is 5.37. The van der Waals surface area contributed by atoms with Gasteiger partial charge < -0.3 is 15.1 Å². The molecule has 1 aromatic heterocycles. The number of benzene rings is 3. The second-order valence-electron chi connectivity index (χ2n) is 10.1. The quantitative estimate of drug-likeness (QED) is 0.363. The molecule has 3 heterocycles. The first-order valence-electron chi connectivity index (χ1n) is 13.2. The summed E-state index contributed by atoms with van der Waals surface area (Å²) in [5, 5.41) is 14.6. The van der Waals surface area contributed by atoms with E-state index in [2.05, 4.69) is 25.7 Å². The standard InChI is InChI=1S/C29H27ClN8O3/c1-35-12-11-20-14-22(8-10-23(20)35)32-29(41)26(13-19-5-3-2-4-6-19)37-17-27(39)36(16-28(37)40)25-15-21(30)7-9-24(25)38-18-31-33-34-38/h2-10,14-15,18,26H,11-13,16-17H2,1H3,(H,32,41).